The third-order valence-electron chi connectivity index (χ3n) is 1.71. The van der Waals surface area contributed by atoms with Gasteiger partial charge >= 0.3 is 0 Å². The highest BCUT2D eigenvalue weighted by Gasteiger charge is 2.01. The van der Waals surface area contributed by atoms with Crippen LogP contribution in [-0.2, 0) is 6.54 Å². The molecule has 66 valence electrons. The fourth-order valence-electron chi connectivity index (χ4n) is 1.06. The quantitative estimate of drug-likeness (QED) is 0.684. The van der Waals surface area contributed by atoms with E-state index in [1.165, 1.54) is 19.2 Å². The zero-order valence-corrected chi connectivity index (χ0v) is 7.21. The van der Waals surface area contributed by atoms with Crippen LogP contribution in [0.25, 0.3) is 0 Å². The second-order valence-electron chi connectivity index (χ2n) is 2.89. The van der Waals surface area contributed by atoms with Crippen molar-refractivity contribution in [3.05, 3.63) is 35.1 Å². The summed E-state index contributed by atoms with van der Waals surface area (Å²) >= 11 is 0. The standard InChI is InChI=1S/C9H12FNO/c1-7-3-4-9(10)5-8(7)6-11(2)12/h3-5,12H,6H2,1-2H3. The molecule has 0 heterocycles. The predicted molar refractivity (Wildman–Crippen MR) is 44.4 cm³/mol. The molecule has 1 N–H and O–H groups in total. The predicted octanol–water partition coefficient (Wildman–Crippen LogP) is 1.96. The van der Waals surface area contributed by atoms with Crippen molar-refractivity contribution in [2.24, 2.45) is 0 Å². The van der Waals surface area contributed by atoms with E-state index in [4.69, 9.17) is 5.21 Å². The minimum absolute atomic E-state index is 0.266. The number of hydrogen-bond acceptors (Lipinski definition) is 2. The first-order chi connectivity index (χ1) is 5.59. The Kier molecular flexibility index (Phi) is 2.78. The second-order valence-corrected chi connectivity index (χ2v) is 2.89. The van der Waals surface area contributed by atoms with Crippen LogP contribution in [0, 0.1) is 12.7 Å². The number of aryl methyl sites for hydroxylation is 1. The molecule has 0 aliphatic heterocycles. The molecule has 2 nitrogen and oxygen atoms in total. The topological polar surface area (TPSA) is 23.5 Å². The molecule has 0 atom stereocenters. The van der Waals surface area contributed by atoms with Gasteiger partial charge in [-0.3, -0.25) is 0 Å². The zero-order valence-electron chi connectivity index (χ0n) is 7.21. The minimum atomic E-state index is -0.266. The summed E-state index contributed by atoms with van der Waals surface area (Å²) in [6.07, 6.45) is 0. The van der Waals surface area contributed by atoms with Crippen LogP contribution in [0.5, 0.6) is 0 Å². The van der Waals surface area contributed by atoms with E-state index in [0.717, 1.165) is 16.2 Å². The largest absolute Gasteiger partial charge is 0.314 e. The lowest BCUT2D eigenvalue weighted by Crippen LogP contribution is -2.12. The van der Waals surface area contributed by atoms with Crippen LogP contribution in [0.2, 0.25) is 0 Å². The Balaban J connectivity index is 2.90. The number of hydroxylamine groups is 2. The summed E-state index contributed by atoms with van der Waals surface area (Å²) < 4.78 is 12.7. The van der Waals surface area contributed by atoms with Crippen LogP contribution in [0.15, 0.2) is 18.2 Å². The molecule has 3 heteroatoms. The fraction of sp³-hybridized carbons (Fsp3) is 0.333. The zero-order chi connectivity index (χ0) is 9.14. The molecule has 0 aromatic heterocycles. The van der Waals surface area contributed by atoms with Gasteiger partial charge in [0.05, 0.1) is 0 Å². The Hall–Kier alpha value is -0.930. The first-order valence-corrected chi connectivity index (χ1v) is 3.74. The molecule has 0 saturated heterocycles. The van der Waals surface area contributed by atoms with E-state index in [1.807, 2.05) is 6.92 Å². The molecule has 1 aromatic carbocycles. The van der Waals surface area contributed by atoms with Gasteiger partial charge < -0.3 is 5.21 Å². The lowest BCUT2D eigenvalue weighted by atomic mass is 10.1. The third kappa shape index (κ3) is 2.29. The molecule has 1 aromatic rings. The Morgan fingerprint density at radius 2 is 2.17 bits per heavy atom. The van der Waals surface area contributed by atoms with Crippen LogP contribution < -0.4 is 0 Å². The molecule has 0 saturated carbocycles. The summed E-state index contributed by atoms with van der Waals surface area (Å²) in [5.41, 5.74) is 1.79. The van der Waals surface area contributed by atoms with Crippen molar-refractivity contribution in [1.82, 2.24) is 5.06 Å². The first-order valence-electron chi connectivity index (χ1n) is 3.74. The molecule has 0 unspecified atom stereocenters. The van der Waals surface area contributed by atoms with Gasteiger partial charge in [-0.15, -0.1) is 0 Å². The fourth-order valence-corrected chi connectivity index (χ4v) is 1.06. The summed E-state index contributed by atoms with van der Waals surface area (Å²) in [5, 5.41) is 9.96. The van der Waals surface area contributed by atoms with E-state index in [2.05, 4.69) is 0 Å². The van der Waals surface area contributed by atoms with Gasteiger partial charge in [0.15, 0.2) is 0 Å². The van der Waals surface area contributed by atoms with Crippen molar-refractivity contribution in [1.29, 1.82) is 0 Å². The molecule has 0 aliphatic carbocycles. The third-order valence-corrected chi connectivity index (χ3v) is 1.71. The van der Waals surface area contributed by atoms with Gasteiger partial charge in [-0.2, -0.15) is 5.06 Å². The molecule has 12 heavy (non-hydrogen) atoms. The molecular weight excluding hydrogens is 157 g/mol. The number of halogens is 1. The SMILES string of the molecule is Cc1ccc(F)cc1CN(C)O. The van der Waals surface area contributed by atoms with E-state index < -0.39 is 0 Å². The molecule has 0 aliphatic rings. The van der Waals surface area contributed by atoms with Gasteiger partial charge in [0.2, 0.25) is 0 Å². The maximum Gasteiger partial charge on any atom is 0.123 e. The summed E-state index contributed by atoms with van der Waals surface area (Å²) in [6, 6.07) is 4.55. The van der Waals surface area contributed by atoms with Gasteiger partial charge in [-0.05, 0) is 30.2 Å². The summed E-state index contributed by atoms with van der Waals surface area (Å²) in [4.78, 5) is 0. The average Bonchev–Trinajstić information content (AvgIpc) is 1.96. The molecule has 0 radical (unpaired) electrons. The van der Waals surface area contributed by atoms with E-state index in [-0.39, 0.29) is 5.82 Å². The maximum atomic E-state index is 12.7. The monoisotopic (exact) mass is 169 g/mol. The highest BCUT2D eigenvalue weighted by molar-refractivity contribution is 5.26. The lowest BCUT2D eigenvalue weighted by Gasteiger charge is -2.10. The lowest BCUT2D eigenvalue weighted by molar-refractivity contribution is -0.0733. The van der Waals surface area contributed by atoms with Crippen molar-refractivity contribution < 1.29 is 9.60 Å². The van der Waals surface area contributed by atoms with Crippen LogP contribution in [0.4, 0.5) is 4.39 Å². The van der Waals surface area contributed by atoms with Crippen LogP contribution in [0.3, 0.4) is 0 Å². The number of nitrogens with zero attached hydrogens (tertiary/aromatic N) is 1. The Morgan fingerprint density at radius 3 is 2.75 bits per heavy atom. The number of hydrogen-bond donors (Lipinski definition) is 1. The Labute approximate surface area is 71.2 Å². The van der Waals surface area contributed by atoms with Crippen LogP contribution in [-0.4, -0.2) is 17.3 Å². The number of benzene rings is 1. The summed E-state index contributed by atoms with van der Waals surface area (Å²) in [7, 11) is 1.53. The second kappa shape index (κ2) is 3.65. The van der Waals surface area contributed by atoms with Crippen molar-refractivity contribution in [2.45, 2.75) is 13.5 Å². The highest BCUT2D eigenvalue weighted by Crippen LogP contribution is 2.11. The summed E-state index contributed by atoms with van der Waals surface area (Å²) in [6.45, 7) is 2.24. The van der Waals surface area contributed by atoms with Gasteiger partial charge in [-0.1, -0.05) is 6.07 Å². The Morgan fingerprint density at radius 1 is 1.50 bits per heavy atom. The van der Waals surface area contributed by atoms with Gasteiger partial charge in [0, 0.05) is 13.6 Å². The van der Waals surface area contributed by atoms with Gasteiger partial charge in [0.25, 0.3) is 0 Å². The molecular formula is C9H12FNO. The van der Waals surface area contributed by atoms with Crippen molar-refractivity contribution in [2.75, 3.05) is 7.05 Å². The van der Waals surface area contributed by atoms with Crippen molar-refractivity contribution in [3.63, 3.8) is 0 Å². The Bertz CT molecular complexity index is 273. The maximum absolute atomic E-state index is 12.7. The van der Waals surface area contributed by atoms with E-state index >= 15 is 0 Å². The van der Waals surface area contributed by atoms with E-state index in [9.17, 15) is 4.39 Å². The molecule has 0 bridgehead atoms. The van der Waals surface area contributed by atoms with Crippen molar-refractivity contribution >= 4 is 0 Å². The van der Waals surface area contributed by atoms with Gasteiger partial charge in [0.1, 0.15) is 5.82 Å². The minimum Gasteiger partial charge on any atom is -0.314 e. The van der Waals surface area contributed by atoms with Crippen molar-refractivity contribution in [3.8, 4) is 0 Å². The first kappa shape index (κ1) is 9.16. The smallest absolute Gasteiger partial charge is 0.123 e. The molecule has 0 amide bonds. The van der Waals surface area contributed by atoms with E-state index in [0.29, 0.717) is 6.54 Å². The molecule has 0 fully saturated rings. The normalized spacial score (nSPS) is 10.8. The highest BCUT2D eigenvalue weighted by atomic mass is 19.1. The molecule has 0 spiro atoms. The van der Waals surface area contributed by atoms with Gasteiger partial charge in [-0.25, -0.2) is 4.39 Å². The average molecular weight is 169 g/mol. The van der Waals surface area contributed by atoms with Crippen LogP contribution >= 0.6 is 0 Å². The summed E-state index contributed by atoms with van der Waals surface area (Å²) in [5.74, 6) is -0.266. The van der Waals surface area contributed by atoms with E-state index in [1.54, 1.807) is 6.07 Å². The molecule has 1 rings (SSSR count). The van der Waals surface area contributed by atoms with Crippen LogP contribution in [0.1, 0.15) is 11.1 Å². The number of rotatable bonds is 2.